The third kappa shape index (κ3) is 1.33. The van der Waals surface area contributed by atoms with Gasteiger partial charge in [0.1, 0.15) is 5.82 Å². The van der Waals surface area contributed by atoms with E-state index in [-0.39, 0.29) is 5.82 Å². The van der Waals surface area contributed by atoms with Crippen LogP contribution in [0.1, 0.15) is 0 Å². The molecule has 2 aromatic carbocycles. The minimum absolute atomic E-state index is 0.306. The second-order valence-corrected chi connectivity index (χ2v) is 3.21. The number of fused-ring (bicyclic) bond motifs is 1. The molecule has 0 aliphatic rings. The largest absolute Gasteiger partial charge is 0.398 e. The molecule has 66 valence electrons. The first-order valence-corrected chi connectivity index (χ1v) is 4.19. The number of hydrogen-bond acceptors (Lipinski definition) is 1. The average Bonchev–Trinajstić information content (AvgIpc) is 2.12. The van der Waals surface area contributed by atoms with Gasteiger partial charge >= 0.3 is 0 Å². The van der Waals surface area contributed by atoms with Crippen molar-refractivity contribution >= 4 is 28.1 Å². The van der Waals surface area contributed by atoms with Crippen LogP contribution in [0.15, 0.2) is 30.3 Å². The zero-order valence-corrected chi connectivity index (χ0v) is 7.48. The molecule has 2 rings (SSSR count). The van der Waals surface area contributed by atoms with Crippen LogP contribution in [0, 0.1) is 5.82 Å². The lowest BCUT2D eigenvalue weighted by Crippen LogP contribution is -1.87. The molecule has 0 heterocycles. The molecule has 1 nitrogen and oxygen atoms in total. The monoisotopic (exact) mass is 195 g/mol. The van der Waals surface area contributed by atoms with Gasteiger partial charge < -0.3 is 5.73 Å². The highest BCUT2D eigenvalue weighted by molar-refractivity contribution is 6.38. The van der Waals surface area contributed by atoms with Crippen LogP contribution in [0.4, 0.5) is 10.1 Å². The van der Waals surface area contributed by atoms with Gasteiger partial charge in [0, 0.05) is 5.39 Å². The van der Waals surface area contributed by atoms with Crippen LogP contribution in [0.25, 0.3) is 10.8 Å². The van der Waals surface area contributed by atoms with Crippen molar-refractivity contribution in [2.45, 2.75) is 0 Å². The SMILES string of the molecule is Nc1ccc2ccc(F)cc2c1Cl. The average molecular weight is 196 g/mol. The van der Waals surface area contributed by atoms with Crippen LogP contribution >= 0.6 is 11.6 Å². The Balaban J connectivity index is 2.89. The van der Waals surface area contributed by atoms with Crippen molar-refractivity contribution in [3.05, 3.63) is 41.2 Å². The third-order valence-corrected chi connectivity index (χ3v) is 2.37. The summed E-state index contributed by atoms with van der Waals surface area (Å²) in [5.74, 6) is -0.306. The summed E-state index contributed by atoms with van der Waals surface area (Å²) in [5.41, 5.74) is 6.05. The summed E-state index contributed by atoms with van der Waals surface area (Å²) < 4.78 is 12.8. The zero-order valence-electron chi connectivity index (χ0n) is 6.72. The first-order chi connectivity index (χ1) is 6.18. The molecule has 0 aliphatic heterocycles. The van der Waals surface area contributed by atoms with E-state index in [9.17, 15) is 4.39 Å². The Labute approximate surface area is 79.9 Å². The van der Waals surface area contributed by atoms with Gasteiger partial charge in [-0.3, -0.25) is 0 Å². The van der Waals surface area contributed by atoms with Crippen LogP contribution < -0.4 is 5.73 Å². The Bertz CT molecular complexity index is 462. The van der Waals surface area contributed by atoms with Crippen molar-refractivity contribution in [3.8, 4) is 0 Å². The van der Waals surface area contributed by atoms with E-state index in [1.165, 1.54) is 12.1 Å². The van der Waals surface area contributed by atoms with E-state index in [0.717, 1.165) is 5.39 Å². The summed E-state index contributed by atoms with van der Waals surface area (Å²) in [6, 6.07) is 7.98. The van der Waals surface area contributed by atoms with Crippen LogP contribution in [0.5, 0.6) is 0 Å². The number of benzene rings is 2. The fourth-order valence-electron chi connectivity index (χ4n) is 1.27. The van der Waals surface area contributed by atoms with Crippen LogP contribution in [0.2, 0.25) is 5.02 Å². The first kappa shape index (κ1) is 8.32. The van der Waals surface area contributed by atoms with Gasteiger partial charge in [0.05, 0.1) is 10.7 Å². The van der Waals surface area contributed by atoms with Crippen molar-refractivity contribution in [2.75, 3.05) is 5.73 Å². The molecule has 0 amide bonds. The summed E-state index contributed by atoms with van der Waals surface area (Å²) in [7, 11) is 0. The quantitative estimate of drug-likeness (QED) is 0.642. The van der Waals surface area contributed by atoms with Gasteiger partial charge in [-0.2, -0.15) is 0 Å². The van der Waals surface area contributed by atoms with E-state index in [0.29, 0.717) is 16.1 Å². The maximum atomic E-state index is 12.8. The molecule has 0 aliphatic carbocycles. The van der Waals surface area contributed by atoms with E-state index in [1.54, 1.807) is 12.1 Å². The van der Waals surface area contributed by atoms with E-state index < -0.39 is 0 Å². The van der Waals surface area contributed by atoms with Crippen molar-refractivity contribution in [1.82, 2.24) is 0 Å². The number of anilines is 1. The minimum atomic E-state index is -0.306. The fourth-order valence-corrected chi connectivity index (χ4v) is 1.50. The van der Waals surface area contributed by atoms with Gasteiger partial charge in [0.2, 0.25) is 0 Å². The topological polar surface area (TPSA) is 26.0 Å². The number of halogens is 2. The van der Waals surface area contributed by atoms with Gasteiger partial charge in [-0.25, -0.2) is 4.39 Å². The number of nitrogen functional groups attached to an aromatic ring is 1. The number of nitrogens with two attached hydrogens (primary N) is 1. The molecule has 2 N–H and O–H groups in total. The predicted octanol–water partition coefficient (Wildman–Crippen LogP) is 3.21. The number of hydrogen-bond donors (Lipinski definition) is 1. The van der Waals surface area contributed by atoms with Gasteiger partial charge in [-0.1, -0.05) is 23.7 Å². The molecule has 0 spiro atoms. The lowest BCUT2D eigenvalue weighted by atomic mass is 10.1. The van der Waals surface area contributed by atoms with Crippen LogP contribution in [-0.2, 0) is 0 Å². The van der Waals surface area contributed by atoms with Crippen molar-refractivity contribution < 1.29 is 4.39 Å². The second kappa shape index (κ2) is 2.89. The van der Waals surface area contributed by atoms with E-state index in [4.69, 9.17) is 17.3 Å². The van der Waals surface area contributed by atoms with Crippen molar-refractivity contribution in [1.29, 1.82) is 0 Å². The van der Waals surface area contributed by atoms with Gasteiger partial charge in [-0.05, 0) is 23.6 Å². The van der Waals surface area contributed by atoms with E-state index >= 15 is 0 Å². The lowest BCUT2D eigenvalue weighted by Gasteiger charge is -2.02. The molecule has 0 unspecified atom stereocenters. The molecule has 0 saturated heterocycles. The normalized spacial score (nSPS) is 10.6. The minimum Gasteiger partial charge on any atom is -0.398 e. The van der Waals surface area contributed by atoms with Gasteiger partial charge in [0.15, 0.2) is 0 Å². The molecule has 0 saturated carbocycles. The smallest absolute Gasteiger partial charge is 0.123 e. The highest BCUT2D eigenvalue weighted by Gasteiger charge is 2.03. The molecule has 0 atom stereocenters. The molecule has 2 aromatic rings. The van der Waals surface area contributed by atoms with E-state index in [2.05, 4.69) is 0 Å². The first-order valence-electron chi connectivity index (χ1n) is 3.82. The summed E-state index contributed by atoms with van der Waals surface area (Å²) in [6.45, 7) is 0. The van der Waals surface area contributed by atoms with Crippen molar-refractivity contribution in [2.24, 2.45) is 0 Å². The molecule has 0 bridgehead atoms. The van der Waals surface area contributed by atoms with Gasteiger partial charge in [0.25, 0.3) is 0 Å². The summed E-state index contributed by atoms with van der Waals surface area (Å²) in [5, 5.41) is 1.96. The Morgan fingerprint density at radius 2 is 1.85 bits per heavy atom. The Morgan fingerprint density at radius 3 is 2.62 bits per heavy atom. The summed E-state index contributed by atoms with van der Waals surface area (Å²) >= 11 is 5.91. The number of rotatable bonds is 0. The predicted molar refractivity (Wildman–Crippen MR) is 53.3 cm³/mol. The molecule has 3 heteroatoms. The fraction of sp³-hybridized carbons (Fsp3) is 0. The van der Waals surface area contributed by atoms with Crippen LogP contribution in [-0.4, -0.2) is 0 Å². The summed E-state index contributed by atoms with van der Waals surface area (Å²) in [6.07, 6.45) is 0. The highest BCUT2D eigenvalue weighted by Crippen LogP contribution is 2.29. The Hall–Kier alpha value is -1.28. The van der Waals surface area contributed by atoms with Crippen molar-refractivity contribution in [3.63, 3.8) is 0 Å². The molecular formula is C10H7ClFN. The Kier molecular flexibility index (Phi) is 1.85. The van der Waals surface area contributed by atoms with Gasteiger partial charge in [-0.15, -0.1) is 0 Å². The third-order valence-electron chi connectivity index (χ3n) is 1.95. The lowest BCUT2D eigenvalue weighted by molar-refractivity contribution is 0.630. The molecule has 0 fully saturated rings. The molecular weight excluding hydrogens is 189 g/mol. The molecule has 13 heavy (non-hydrogen) atoms. The maximum Gasteiger partial charge on any atom is 0.123 e. The second-order valence-electron chi connectivity index (χ2n) is 2.83. The van der Waals surface area contributed by atoms with E-state index in [1.807, 2.05) is 6.07 Å². The molecule has 0 radical (unpaired) electrons. The Morgan fingerprint density at radius 1 is 1.15 bits per heavy atom. The zero-order chi connectivity index (χ0) is 9.42. The summed E-state index contributed by atoms with van der Waals surface area (Å²) in [4.78, 5) is 0. The maximum absolute atomic E-state index is 12.8. The molecule has 0 aromatic heterocycles. The highest BCUT2D eigenvalue weighted by atomic mass is 35.5. The standard InChI is InChI=1S/C10H7ClFN/c11-10-8-5-7(12)3-1-6(8)2-4-9(10)13/h1-5H,13H2. The van der Waals surface area contributed by atoms with Crippen LogP contribution in [0.3, 0.4) is 0 Å².